The van der Waals surface area contributed by atoms with E-state index < -0.39 is 12.2 Å². The van der Waals surface area contributed by atoms with Crippen LogP contribution in [0, 0.1) is 0 Å². The minimum atomic E-state index is -0.445. The first-order chi connectivity index (χ1) is 14.6. The third-order valence-corrected chi connectivity index (χ3v) is 5.95. The molecule has 154 valence electrons. The summed E-state index contributed by atoms with van der Waals surface area (Å²) in [5.41, 5.74) is 4.03. The van der Waals surface area contributed by atoms with Gasteiger partial charge in [0, 0.05) is 28.0 Å². The van der Waals surface area contributed by atoms with E-state index >= 15 is 0 Å². The van der Waals surface area contributed by atoms with Crippen LogP contribution in [0.4, 0.5) is 4.79 Å². The van der Waals surface area contributed by atoms with E-state index in [9.17, 15) is 9.59 Å². The van der Waals surface area contributed by atoms with Crippen molar-refractivity contribution in [1.82, 2.24) is 9.88 Å². The van der Waals surface area contributed by atoms with Crippen LogP contribution in [-0.4, -0.2) is 41.0 Å². The minimum Gasteiger partial charge on any atom is -0.483 e. The number of benzene rings is 1. The van der Waals surface area contributed by atoms with Crippen molar-refractivity contribution in [2.24, 2.45) is 0 Å². The average molecular weight is 425 g/mol. The zero-order chi connectivity index (χ0) is 20.8. The standard InChI is InChI=1S/C23H21ClN2O4/c1-2-29-23(28)26-10-9-14-16-11-13(24)7-8-17(16)25-21(14)22(26)20-12-18(27)15-5-3-4-6-19(15)30-20/h4-8,11,19,25H,2-3,9-10,12H2,1H3. The highest BCUT2D eigenvalue weighted by Crippen LogP contribution is 2.40. The first kappa shape index (κ1) is 19.0. The number of halogens is 1. The molecule has 7 heteroatoms. The molecule has 1 saturated heterocycles. The number of allylic oxidation sites excluding steroid dienone is 3. The van der Waals surface area contributed by atoms with Gasteiger partial charge in [0.05, 0.1) is 18.7 Å². The number of hydrogen-bond donors (Lipinski definition) is 1. The fraction of sp³-hybridized carbons (Fsp3) is 0.304. The minimum absolute atomic E-state index is 0.0215. The number of aromatic amines is 1. The summed E-state index contributed by atoms with van der Waals surface area (Å²) in [6.45, 7) is 2.48. The van der Waals surface area contributed by atoms with E-state index in [1.54, 1.807) is 11.8 Å². The Morgan fingerprint density at radius 1 is 1.40 bits per heavy atom. The summed E-state index contributed by atoms with van der Waals surface area (Å²) in [5, 5.41) is 1.66. The Kier molecular flexibility index (Phi) is 4.66. The monoisotopic (exact) mass is 424 g/mol. The van der Waals surface area contributed by atoms with Crippen LogP contribution in [0.5, 0.6) is 0 Å². The lowest BCUT2D eigenvalue weighted by Gasteiger charge is -2.34. The Bertz CT molecular complexity index is 1160. The van der Waals surface area contributed by atoms with Crippen molar-refractivity contribution >= 4 is 40.1 Å². The summed E-state index contributed by atoms with van der Waals surface area (Å²) in [6.07, 6.45) is 6.41. The third-order valence-electron chi connectivity index (χ3n) is 5.72. The highest BCUT2D eigenvalue weighted by atomic mass is 35.5. The molecule has 30 heavy (non-hydrogen) atoms. The quantitative estimate of drug-likeness (QED) is 0.670. The molecule has 1 fully saturated rings. The molecular formula is C23H21ClN2O4. The molecule has 0 saturated carbocycles. The Labute approximate surface area is 178 Å². The number of ether oxygens (including phenoxy) is 2. The van der Waals surface area contributed by atoms with E-state index in [4.69, 9.17) is 21.1 Å². The SMILES string of the molecule is CCOC(=O)N1CCc2c([nH]c3ccc(Cl)cc23)C1=C1CC(=O)C2=CCC=CC2O1. The number of rotatable bonds is 1. The predicted octanol–water partition coefficient (Wildman–Crippen LogP) is 4.75. The third kappa shape index (κ3) is 3.03. The van der Waals surface area contributed by atoms with Crippen molar-refractivity contribution in [3.05, 3.63) is 64.0 Å². The molecule has 1 aromatic heterocycles. The Hall–Kier alpha value is -2.99. The number of amides is 1. The van der Waals surface area contributed by atoms with Crippen molar-refractivity contribution in [2.75, 3.05) is 13.2 Å². The van der Waals surface area contributed by atoms with E-state index in [0.29, 0.717) is 35.0 Å². The predicted molar refractivity (Wildman–Crippen MR) is 114 cm³/mol. The Balaban J connectivity index is 1.69. The molecule has 1 aromatic carbocycles. The van der Waals surface area contributed by atoms with E-state index in [0.717, 1.165) is 28.6 Å². The molecule has 0 bridgehead atoms. The molecule has 5 rings (SSSR count). The van der Waals surface area contributed by atoms with Gasteiger partial charge in [0.15, 0.2) is 5.78 Å². The van der Waals surface area contributed by atoms with Gasteiger partial charge in [-0.3, -0.25) is 9.69 Å². The van der Waals surface area contributed by atoms with Gasteiger partial charge in [-0.25, -0.2) is 4.79 Å². The van der Waals surface area contributed by atoms with Gasteiger partial charge < -0.3 is 14.5 Å². The Morgan fingerprint density at radius 3 is 3.10 bits per heavy atom. The highest BCUT2D eigenvalue weighted by molar-refractivity contribution is 6.31. The van der Waals surface area contributed by atoms with E-state index in [2.05, 4.69) is 4.98 Å². The lowest BCUT2D eigenvalue weighted by atomic mass is 9.92. The second kappa shape index (κ2) is 7.36. The molecule has 1 unspecified atom stereocenters. The number of nitrogens with one attached hydrogen (secondary N) is 1. The summed E-state index contributed by atoms with van der Waals surface area (Å²) >= 11 is 6.23. The summed E-state index contributed by atoms with van der Waals surface area (Å²) in [5.74, 6) is 0.508. The van der Waals surface area contributed by atoms with Gasteiger partial charge in [0.25, 0.3) is 0 Å². The Morgan fingerprint density at radius 2 is 2.27 bits per heavy atom. The largest absolute Gasteiger partial charge is 0.483 e. The van der Waals surface area contributed by atoms with Crippen LogP contribution in [0.3, 0.4) is 0 Å². The number of carbonyl (C=O) groups is 2. The second-order valence-electron chi connectivity index (χ2n) is 7.50. The smallest absolute Gasteiger partial charge is 0.414 e. The maximum Gasteiger partial charge on any atom is 0.414 e. The summed E-state index contributed by atoms with van der Waals surface area (Å²) < 4.78 is 11.5. The number of hydrogen-bond acceptors (Lipinski definition) is 4. The molecule has 6 nitrogen and oxygen atoms in total. The zero-order valence-corrected chi connectivity index (χ0v) is 17.3. The van der Waals surface area contributed by atoms with Gasteiger partial charge in [0.1, 0.15) is 17.6 Å². The van der Waals surface area contributed by atoms with E-state index in [1.165, 1.54) is 0 Å². The highest BCUT2D eigenvalue weighted by Gasteiger charge is 2.37. The summed E-state index contributed by atoms with van der Waals surface area (Å²) in [6, 6.07) is 5.67. The van der Waals surface area contributed by atoms with Crippen LogP contribution in [0.25, 0.3) is 16.6 Å². The normalized spacial score (nSPS) is 23.0. The van der Waals surface area contributed by atoms with Gasteiger partial charge in [-0.2, -0.15) is 0 Å². The van der Waals surface area contributed by atoms with Crippen LogP contribution in [0.2, 0.25) is 5.02 Å². The maximum atomic E-state index is 12.8. The second-order valence-corrected chi connectivity index (χ2v) is 7.94. The van der Waals surface area contributed by atoms with Crippen LogP contribution < -0.4 is 0 Å². The number of fused-ring (bicyclic) bond motifs is 4. The first-order valence-electron chi connectivity index (χ1n) is 10.1. The van der Waals surface area contributed by atoms with Crippen molar-refractivity contribution in [1.29, 1.82) is 0 Å². The van der Waals surface area contributed by atoms with Gasteiger partial charge in [0.2, 0.25) is 0 Å². The lowest BCUT2D eigenvalue weighted by molar-refractivity contribution is -0.118. The van der Waals surface area contributed by atoms with Gasteiger partial charge in [-0.05, 0) is 49.6 Å². The number of H-pyrrole nitrogens is 1. The topological polar surface area (TPSA) is 71.6 Å². The zero-order valence-electron chi connectivity index (χ0n) is 16.5. The van der Waals surface area contributed by atoms with Gasteiger partial charge in [-0.1, -0.05) is 23.8 Å². The summed E-state index contributed by atoms with van der Waals surface area (Å²) in [7, 11) is 0. The van der Waals surface area contributed by atoms with E-state index in [-0.39, 0.29) is 18.8 Å². The van der Waals surface area contributed by atoms with Gasteiger partial charge >= 0.3 is 6.09 Å². The van der Waals surface area contributed by atoms with Crippen LogP contribution in [-0.2, 0) is 20.7 Å². The summed E-state index contributed by atoms with van der Waals surface area (Å²) in [4.78, 5) is 30.6. The van der Waals surface area contributed by atoms with Crippen molar-refractivity contribution in [2.45, 2.75) is 32.3 Å². The van der Waals surface area contributed by atoms with Crippen molar-refractivity contribution in [3.8, 4) is 0 Å². The fourth-order valence-electron chi connectivity index (χ4n) is 4.40. The number of carbonyl (C=O) groups excluding carboxylic acids is 2. The molecule has 0 radical (unpaired) electrons. The van der Waals surface area contributed by atoms with Crippen molar-refractivity contribution < 1.29 is 19.1 Å². The molecule has 2 aliphatic heterocycles. The molecule has 0 spiro atoms. The van der Waals surface area contributed by atoms with Crippen LogP contribution in [0.15, 0.2) is 47.8 Å². The average Bonchev–Trinajstić information content (AvgIpc) is 3.11. The molecule has 1 N–H and O–H groups in total. The van der Waals surface area contributed by atoms with Gasteiger partial charge in [-0.15, -0.1) is 0 Å². The molecule has 1 amide bonds. The fourth-order valence-corrected chi connectivity index (χ4v) is 4.57. The van der Waals surface area contributed by atoms with Crippen LogP contribution in [0.1, 0.15) is 31.0 Å². The molecular weight excluding hydrogens is 404 g/mol. The molecule has 3 aliphatic rings. The molecule has 1 atom stereocenters. The number of Topliss-reactive ketones (excluding diaryl/α,β-unsaturated/α-hetero) is 1. The molecule has 2 aromatic rings. The van der Waals surface area contributed by atoms with E-state index in [1.807, 2.05) is 36.4 Å². The molecule has 1 aliphatic carbocycles. The van der Waals surface area contributed by atoms with Crippen molar-refractivity contribution in [3.63, 3.8) is 0 Å². The number of nitrogens with zero attached hydrogens (tertiary/aromatic N) is 1. The molecule has 3 heterocycles. The maximum absolute atomic E-state index is 12.8. The first-order valence-corrected chi connectivity index (χ1v) is 10.5. The number of aromatic nitrogens is 1. The lowest BCUT2D eigenvalue weighted by Crippen LogP contribution is -2.38. The number of ketones is 1. The van der Waals surface area contributed by atoms with Crippen LogP contribution >= 0.6 is 11.6 Å².